The summed E-state index contributed by atoms with van der Waals surface area (Å²) in [5, 5.41) is 17.1. The van der Waals surface area contributed by atoms with Crippen molar-refractivity contribution in [3.63, 3.8) is 0 Å². The molecule has 168 valence electrons. The van der Waals surface area contributed by atoms with Gasteiger partial charge in [0.05, 0.1) is 6.04 Å². The fourth-order valence-electron chi connectivity index (χ4n) is 2.55. The van der Waals surface area contributed by atoms with Crippen LogP contribution in [0.1, 0.15) is 47.5 Å². The van der Waals surface area contributed by atoms with Crippen LogP contribution in [0.25, 0.3) is 0 Å². The van der Waals surface area contributed by atoms with Crippen LogP contribution < -0.4 is 21.7 Å². The maximum atomic E-state index is 12.7. The second-order valence-electron chi connectivity index (χ2n) is 7.89. The summed E-state index contributed by atoms with van der Waals surface area (Å²) >= 11 is 1.51. The third-order valence-corrected chi connectivity index (χ3v) is 4.87. The number of nitrogens with two attached hydrogens (primary N) is 1. The summed E-state index contributed by atoms with van der Waals surface area (Å²) in [5.74, 6) is -2.20. The van der Waals surface area contributed by atoms with Gasteiger partial charge in [-0.05, 0) is 43.6 Å². The van der Waals surface area contributed by atoms with Gasteiger partial charge in [0.15, 0.2) is 0 Å². The molecule has 0 heterocycles. The molecule has 0 saturated carbocycles. The summed E-state index contributed by atoms with van der Waals surface area (Å²) in [5.41, 5.74) is 5.56. The van der Waals surface area contributed by atoms with E-state index in [-0.39, 0.29) is 18.3 Å². The average Bonchev–Trinajstić information content (AvgIpc) is 2.60. The molecule has 0 aliphatic rings. The molecule has 3 amide bonds. The van der Waals surface area contributed by atoms with E-state index >= 15 is 0 Å². The Kier molecular flexibility index (Phi) is 12.6. The number of rotatable bonds is 13. The Morgan fingerprint density at radius 3 is 1.86 bits per heavy atom. The highest BCUT2D eigenvalue weighted by Crippen LogP contribution is 2.09. The van der Waals surface area contributed by atoms with E-state index in [9.17, 15) is 24.3 Å². The van der Waals surface area contributed by atoms with Crippen LogP contribution in [0.15, 0.2) is 0 Å². The maximum Gasteiger partial charge on any atom is 0.326 e. The van der Waals surface area contributed by atoms with E-state index in [0.29, 0.717) is 12.2 Å². The first-order chi connectivity index (χ1) is 13.4. The third-order valence-electron chi connectivity index (χ3n) is 4.23. The van der Waals surface area contributed by atoms with Crippen molar-refractivity contribution < 1.29 is 24.3 Å². The Hall–Kier alpha value is -1.81. The molecule has 0 spiro atoms. The average molecular weight is 433 g/mol. The number of carbonyl (C=O) groups excluding carboxylic acids is 3. The van der Waals surface area contributed by atoms with Crippen LogP contribution in [0.2, 0.25) is 0 Å². The number of hydrogen-bond donors (Lipinski definition) is 5. The third kappa shape index (κ3) is 10.5. The highest BCUT2D eigenvalue weighted by Gasteiger charge is 2.31. The molecule has 0 bridgehead atoms. The molecule has 0 aromatic rings. The fraction of sp³-hybridized carbons (Fsp3) is 0.789. The zero-order chi connectivity index (χ0) is 22.7. The van der Waals surface area contributed by atoms with Crippen LogP contribution in [0.3, 0.4) is 0 Å². The van der Waals surface area contributed by atoms with Crippen molar-refractivity contribution in [2.24, 2.45) is 17.6 Å². The summed E-state index contributed by atoms with van der Waals surface area (Å²) < 4.78 is 0. The zero-order valence-corrected chi connectivity index (χ0v) is 19.0. The number of carboxylic acids is 1. The summed E-state index contributed by atoms with van der Waals surface area (Å²) in [6.45, 7) is 8.78. The second-order valence-corrected chi connectivity index (χ2v) is 8.88. The molecule has 6 N–H and O–H groups in total. The highest BCUT2D eigenvalue weighted by atomic mass is 32.2. The van der Waals surface area contributed by atoms with Crippen LogP contribution in [0.4, 0.5) is 0 Å². The smallest absolute Gasteiger partial charge is 0.326 e. The van der Waals surface area contributed by atoms with E-state index in [4.69, 9.17) is 5.73 Å². The molecule has 4 unspecified atom stereocenters. The number of carboxylic acid groups (broad SMARTS) is 1. The van der Waals surface area contributed by atoms with Gasteiger partial charge in [0, 0.05) is 0 Å². The molecule has 10 heteroatoms. The minimum Gasteiger partial charge on any atom is -0.480 e. The normalized spacial score (nSPS) is 15.3. The van der Waals surface area contributed by atoms with E-state index in [1.807, 2.05) is 20.1 Å². The number of carbonyl (C=O) groups is 4. The molecule has 0 saturated heterocycles. The Balaban J connectivity index is 5.32. The fourth-order valence-corrected chi connectivity index (χ4v) is 3.02. The molecule has 0 rings (SSSR count). The summed E-state index contributed by atoms with van der Waals surface area (Å²) in [6, 6.07) is -3.57. The molecule has 0 radical (unpaired) electrons. The Bertz CT molecular complexity index is 569. The van der Waals surface area contributed by atoms with E-state index in [1.165, 1.54) is 18.7 Å². The summed E-state index contributed by atoms with van der Waals surface area (Å²) in [4.78, 5) is 48.8. The number of hydrogen-bond acceptors (Lipinski definition) is 6. The molecule has 0 aromatic carbocycles. The molecule has 0 aromatic heterocycles. The predicted octanol–water partition coefficient (Wildman–Crippen LogP) is 0.328. The Labute approximate surface area is 177 Å². The maximum absolute atomic E-state index is 12.7. The van der Waals surface area contributed by atoms with Gasteiger partial charge in [-0.1, -0.05) is 27.7 Å². The minimum atomic E-state index is -1.12. The molecule has 9 nitrogen and oxygen atoms in total. The van der Waals surface area contributed by atoms with Gasteiger partial charge in [0.1, 0.15) is 18.1 Å². The molecule has 29 heavy (non-hydrogen) atoms. The second kappa shape index (κ2) is 13.4. The lowest BCUT2D eigenvalue weighted by Crippen LogP contribution is -2.58. The standard InChI is InChI=1S/C19H36N4O5S/c1-10(2)9-14(19(27)28)22-17(25)13(7-8-29-6)21-18(26)15(11(3)4)23-16(24)12(5)20/h10-15H,7-9,20H2,1-6H3,(H,21,26)(H,22,25)(H,23,24)(H,27,28). The van der Waals surface area contributed by atoms with Crippen molar-refractivity contribution in [3.8, 4) is 0 Å². The molecular weight excluding hydrogens is 396 g/mol. The van der Waals surface area contributed by atoms with Crippen LogP contribution in [-0.4, -0.2) is 65.0 Å². The van der Waals surface area contributed by atoms with E-state index in [1.54, 1.807) is 13.8 Å². The minimum absolute atomic E-state index is 0.0782. The summed E-state index contributed by atoms with van der Waals surface area (Å²) in [6.07, 6.45) is 2.48. The summed E-state index contributed by atoms with van der Waals surface area (Å²) in [7, 11) is 0. The first kappa shape index (κ1) is 27.2. The molecule has 0 aliphatic carbocycles. The highest BCUT2D eigenvalue weighted by molar-refractivity contribution is 7.98. The zero-order valence-electron chi connectivity index (χ0n) is 18.2. The number of aliphatic carboxylic acids is 1. The lowest BCUT2D eigenvalue weighted by atomic mass is 10.0. The van der Waals surface area contributed by atoms with Crippen molar-refractivity contribution in [3.05, 3.63) is 0 Å². The van der Waals surface area contributed by atoms with Gasteiger partial charge in [0.2, 0.25) is 17.7 Å². The van der Waals surface area contributed by atoms with Crippen molar-refractivity contribution in [2.45, 2.75) is 71.6 Å². The van der Waals surface area contributed by atoms with Crippen molar-refractivity contribution in [1.82, 2.24) is 16.0 Å². The topological polar surface area (TPSA) is 151 Å². The van der Waals surface area contributed by atoms with Gasteiger partial charge in [0.25, 0.3) is 0 Å². The van der Waals surface area contributed by atoms with Crippen molar-refractivity contribution in [2.75, 3.05) is 12.0 Å². The Morgan fingerprint density at radius 1 is 0.897 bits per heavy atom. The number of thioether (sulfide) groups is 1. The Morgan fingerprint density at radius 2 is 1.45 bits per heavy atom. The van der Waals surface area contributed by atoms with Crippen LogP contribution in [-0.2, 0) is 19.2 Å². The van der Waals surface area contributed by atoms with Crippen molar-refractivity contribution >= 4 is 35.5 Å². The van der Waals surface area contributed by atoms with Crippen LogP contribution >= 0.6 is 11.8 Å². The van der Waals surface area contributed by atoms with Crippen molar-refractivity contribution in [1.29, 1.82) is 0 Å². The van der Waals surface area contributed by atoms with E-state index < -0.39 is 47.9 Å². The van der Waals surface area contributed by atoms with Gasteiger partial charge in [-0.25, -0.2) is 4.79 Å². The number of nitrogens with one attached hydrogen (secondary N) is 3. The van der Waals surface area contributed by atoms with Crippen LogP contribution in [0, 0.1) is 11.8 Å². The van der Waals surface area contributed by atoms with Gasteiger partial charge in [-0.2, -0.15) is 11.8 Å². The van der Waals surface area contributed by atoms with E-state index in [2.05, 4.69) is 16.0 Å². The lowest BCUT2D eigenvalue weighted by Gasteiger charge is -2.26. The van der Waals surface area contributed by atoms with Gasteiger partial charge < -0.3 is 26.8 Å². The molecule has 0 fully saturated rings. The van der Waals surface area contributed by atoms with E-state index in [0.717, 1.165) is 0 Å². The predicted molar refractivity (Wildman–Crippen MR) is 114 cm³/mol. The molecule has 4 atom stereocenters. The van der Waals surface area contributed by atoms with Gasteiger partial charge in [-0.15, -0.1) is 0 Å². The van der Waals surface area contributed by atoms with Gasteiger partial charge in [-0.3, -0.25) is 14.4 Å². The quantitative estimate of drug-likeness (QED) is 0.281. The molecule has 0 aliphatic heterocycles. The number of amides is 3. The van der Waals surface area contributed by atoms with Gasteiger partial charge >= 0.3 is 5.97 Å². The monoisotopic (exact) mass is 432 g/mol. The lowest BCUT2D eigenvalue weighted by molar-refractivity contribution is -0.142. The van der Waals surface area contributed by atoms with Crippen LogP contribution in [0.5, 0.6) is 0 Å². The first-order valence-corrected chi connectivity index (χ1v) is 11.2. The molecular formula is C19H36N4O5S. The first-order valence-electron chi connectivity index (χ1n) is 9.79. The largest absolute Gasteiger partial charge is 0.480 e. The SMILES string of the molecule is CSCCC(NC(=O)C(NC(=O)C(C)N)C(C)C)C(=O)NC(CC(C)C)C(=O)O.